The van der Waals surface area contributed by atoms with Crippen LogP contribution in [0.3, 0.4) is 0 Å². The van der Waals surface area contributed by atoms with Gasteiger partial charge in [-0.3, -0.25) is 4.79 Å². The van der Waals surface area contributed by atoms with E-state index >= 15 is 0 Å². The first kappa shape index (κ1) is 20.6. The molecule has 6 heteroatoms. The minimum absolute atomic E-state index is 0.0170. The van der Waals surface area contributed by atoms with Crippen molar-refractivity contribution in [1.82, 2.24) is 4.90 Å². The number of hydrogen-bond acceptors (Lipinski definition) is 4. The van der Waals surface area contributed by atoms with Crippen LogP contribution in [0, 0.1) is 0 Å². The number of sulfone groups is 1. The fourth-order valence-corrected chi connectivity index (χ4v) is 5.58. The van der Waals surface area contributed by atoms with E-state index in [2.05, 4.69) is 6.92 Å². The summed E-state index contributed by atoms with van der Waals surface area (Å²) in [5.74, 6) is 0.777. The molecule has 0 N–H and O–H groups in total. The fraction of sp³-hybridized carbons (Fsp3) is 0.500. The van der Waals surface area contributed by atoms with Crippen LogP contribution in [0.25, 0.3) is 10.8 Å². The van der Waals surface area contributed by atoms with Gasteiger partial charge in [0, 0.05) is 12.6 Å². The number of benzene rings is 2. The first-order valence-corrected chi connectivity index (χ1v) is 11.8. The second kappa shape index (κ2) is 8.52. The zero-order valence-electron chi connectivity index (χ0n) is 16.8. The number of ether oxygens (including phenoxy) is 1. The van der Waals surface area contributed by atoms with Crippen LogP contribution in [0.15, 0.2) is 36.4 Å². The molecule has 1 unspecified atom stereocenters. The van der Waals surface area contributed by atoms with Crippen LogP contribution in [0.4, 0.5) is 0 Å². The molecule has 3 rings (SSSR count). The smallest absolute Gasteiger partial charge is 0.230 e. The normalized spacial score (nSPS) is 19.5. The lowest BCUT2D eigenvalue weighted by Crippen LogP contribution is -2.43. The van der Waals surface area contributed by atoms with Gasteiger partial charge in [-0.2, -0.15) is 0 Å². The molecular weight excluding hydrogens is 374 g/mol. The molecule has 2 atom stereocenters. The molecule has 152 valence electrons. The van der Waals surface area contributed by atoms with Crippen LogP contribution in [0.1, 0.15) is 44.6 Å². The van der Waals surface area contributed by atoms with Crippen molar-refractivity contribution in [2.45, 2.75) is 45.1 Å². The van der Waals surface area contributed by atoms with Gasteiger partial charge in [-0.05, 0) is 48.2 Å². The predicted octanol–water partition coefficient (Wildman–Crippen LogP) is 3.77. The number of methoxy groups -OCH3 is 1. The van der Waals surface area contributed by atoms with Crippen LogP contribution in [-0.4, -0.2) is 50.4 Å². The van der Waals surface area contributed by atoms with Gasteiger partial charge >= 0.3 is 0 Å². The minimum atomic E-state index is -3.03. The van der Waals surface area contributed by atoms with E-state index in [0.717, 1.165) is 34.9 Å². The third kappa shape index (κ3) is 4.49. The summed E-state index contributed by atoms with van der Waals surface area (Å²) < 4.78 is 29.1. The zero-order valence-corrected chi connectivity index (χ0v) is 17.7. The number of amides is 1. The Bertz CT molecular complexity index is 954. The van der Waals surface area contributed by atoms with E-state index in [4.69, 9.17) is 4.74 Å². The second-order valence-corrected chi connectivity index (χ2v) is 9.86. The van der Waals surface area contributed by atoms with Gasteiger partial charge < -0.3 is 9.64 Å². The van der Waals surface area contributed by atoms with E-state index < -0.39 is 9.84 Å². The third-order valence-corrected chi connectivity index (χ3v) is 7.38. The number of carbonyl (C=O) groups excluding carboxylic acids is 1. The maximum absolute atomic E-state index is 13.3. The lowest BCUT2D eigenvalue weighted by molar-refractivity contribution is -0.134. The molecule has 1 heterocycles. The van der Waals surface area contributed by atoms with Crippen LogP contribution in [-0.2, 0) is 14.6 Å². The highest BCUT2D eigenvalue weighted by Gasteiger charge is 2.36. The number of fused-ring (bicyclic) bond motifs is 1. The number of carbonyl (C=O) groups is 1. The molecule has 2 aromatic rings. The molecule has 0 radical (unpaired) electrons. The average Bonchev–Trinajstić information content (AvgIpc) is 3.06. The van der Waals surface area contributed by atoms with E-state index in [0.29, 0.717) is 13.0 Å². The van der Waals surface area contributed by atoms with Crippen LogP contribution in [0.2, 0.25) is 0 Å². The second-order valence-electron chi connectivity index (χ2n) is 7.64. The Morgan fingerprint density at radius 3 is 2.57 bits per heavy atom. The van der Waals surface area contributed by atoms with Gasteiger partial charge in [-0.15, -0.1) is 0 Å². The first-order chi connectivity index (χ1) is 13.3. The number of unbranched alkanes of at least 4 members (excludes halogenated alkanes) is 1. The van der Waals surface area contributed by atoms with E-state index in [9.17, 15) is 13.2 Å². The molecule has 0 bridgehead atoms. The molecule has 0 aromatic heterocycles. The third-order valence-electron chi connectivity index (χ3n) is 5.63. The van der Waals surface area contributed by atoms with Crippen LogP contribution >= 0.6 is 0 Å². The average molecular weight is 404 g/mol. The molecule has 2 aromatic carbocycles. The number of rotatable bonds is 7. The summed E-state index contributed by atoms with van der Waals surface area (Å²) in [6.07, 6.45) is 2.39. The fourth-order valence-electron chi connectivity index (χ4n) is 3.85. The monoisotopic (exact) mass is 403 g/mol. The first-order valence-electron chi connectivity index (χ1n) is 9.93. The topological polar surface area (TPSA) is 63.7 Å². The highest BCUT2D eigenvalue weighted by molar-refractivity contribution is 7.91. The lowest BCUT2D eigenvalue weighted by Gasteiger charge is -2.31. The SMILES string of the molecule is CCCCN(C(=O)[C@@H](C)c1ccc2cc(OC)ccc2c1)C1CCS(=O)(=O)C1. The van der Waals surface area contributed by atoms with Gasteiger partial charge in [-0.25, -0.2) is 8.42 Å². The van der Waals surface area contributed by atoms with Crippen molar-refractivity contribution in [2.24, 2.45) is 0 Å². The number of nitrogens with zero attached hydrogens (tertiary/aromatic N) is 1. The Kier molecular flexibility index (Phi) is 6.28. The van der Waals surface area contributed by atoms with E-state index in [1.807, 2.05) is 48.2 Å². The van der Waals surface area contributed by atoms with Crippen molar-refractivity contribution in [2.75, 3.05) is 25.2 Å². The van der Waals surface area contributed by atoms with Crippen molar-refractivity contribution in [3.8, 4) is 5.75 Å². The molecule has 1 amide bonds. The summed E-state index contributed by atoms with van der Waals surface area (Å²) in [6, 6.07) is 11.7. The van der Waals surface area contributed by atoms with Gasteiger partial charge in [-0.1, -0.05) is 37.6 Å². The quantitative estimate of drug-likeness (QED) is 0.706. The van der Waals surface area contributed by atoms with Crippen LogP contribution < -0.4 is 4.74 Å². The summed E-state index contributed by atoms with van der Waals surface area (Å²) in [4.78, 5) is 15.1. The summed E-state index contributed by atoms with van der Waals surface area (Å²) in [7, 11) is -1.39. The Hall–Kier alpha value is -2.08. The summed E-state index contributed by atoms with van der Waals surface area (Å²) in [5, 5.41) is 2.12. The van der Waals surface area contributed by atoms with E-state index in [1.54, 1.807) is 7.11 Å². The Morgan fingerprint density at radius 2 is 1.93 bits per heavy atom. The maximum atomic E-state index is 13.3. The van der Waals surface area contributed by atoms with Crippen molar-refractivity contribution in [1.29, 1.82) is 0 Å². The summed E-state index contributed by atoms with van der Waals surface area (Å²) in [6.45, 7) is 4.61. The molecule has 1 aliphatic rings. The van der Waals surface area contributed by atoms with Crippen molar-refractivity contribution < 1.29 is 17.9 Å². The lowest BCUT2D eigenvalue weighted by atomic mass is 9.95. The Balaban J connectivity index is 1.84. The summed E-state index contributed by atoms with van der Waals surface area (Å²) in [5.41, 5.74) is 0.949. The molecule has 1 saturated heterocycles. The molecule has 1 aliphatic heterocycles. The molecule has 0 saturated carbocycles. The molecule has 5 nitrogen and oxygen atoms in total. The highest BCUT2D eigenvalue weighted by Crippen LogP contribution is 2.28. The maximum Gasteiger partial charge on any atom is 0.230 e. The van der Waals surface area contributed by atoms with Crippen LogP contribution in [0.5, 0.6) is 5.75 Å². The molecular formula is C22H29NO4S. The number of hydrogen-bond donors (Lipinski definition) is 0. The highest BCUT2D eigenvalue weighted by atomic mass is 32.2. The van der Waals surface area contributed by atoms with E-state index in [1.165, 1.54) is 0 Å². The van der Waals surface area contributed by atoms with Gasteiger partial charge in [0.15, 0.2) is 9.84 Å². The molecule has 0 aliphatic carbocycles. The van der Waals surface area contributed by atoms with Crippen molar-refractivity contribution in [3.63, 3.8) is 0 Å². The van der Waals surface area contributed by atoms with E-state index in [-0.39, 0.29) is 29.4 Å². The van der Waals surface area contributed by atoms with Gasteiger partial charge in [0.2, 0.25) is 5.91 Å². The van der Waals surface area contributed by atoms with Crippen molar-refractivity contribution in [3.05, 3.63) is 42.0 Å². The van der Waals surface area contributed by atoms with Gasteiger partial charge in [0.05, 0.1) is 24.5 Å². The summed E-state index contributed by atoms with van der Waals surface area (Å²) >= 11 is 0. The van der Waals surface area contributed by atoms with Gasteiger partial charge in [0.25, 0.3) is 0 Å². The van der Waals surface area contributed by atoms with Gasteiger partial charge in [0.1, 0.15) is 5.75 Å². The largest absolute Gasteiger partial charge is 0.497 e. The van der Waals surface area contributed by atoms with Crippen molar-refractivity contribution >= 4 is 26.5 Å². The standard InChI is InChI=1S/C22H29NO4S/c1-4-5-11-23(20-10-12-28(25,26)15-20)22(24)16(2)17-6-7-19-14-21(27-3)9-8-18(19)13-17/h6-9,13-14,16,20H,4-5,10-12,15H2,1-3H3/t16-,20?/m0/s1. The molecule has 1 fully saturated rings. The molecule has 0 spiro atoms. The minimum Gasteiger partial charge on any atom is -0.497 e. The Labute approximate surface area is 167 Å². The predicted molar refractivity (Wildman–Crippen MR) is 113 cm³/mol. The molecule has 28 heavy (non-hydrogen) atoms. The Morgan fingerprint density at radius 1 is 1.21 bits per heavy atom. The zero-order chi connectivity index (χ0) is 20.3.